The quantitative estimate of drug-likeness (QED) is 0.336. The van der Waals surface area contributed by atoms with Crippen molar-refractivity contribution in [1.29, 1.82) is 0 Å². The van der Waals surface area contributed by atoms with E-state index in [0.29, 0.717) is 31.8 Å². The van der Waals surface area contributed by atoms with Gasteiger partial charge in [-0.1, -0.05) is 72.8 Å². The molecule has 35 heavy (non-hydrogen) atoms. The largest absolute Gasteiger partial charge is 0.459 e. The van der Waals surface area contributed by atoms with Crippen LogP contribution in [0.2, 0.25) is 0 Å². The summed E-state index contributed by atoms with van der Waals surface area (Å²) in [5.41, 5.74) is 7.47. The number of amides is 1. The van der Waals surface area contributed by atoms with Crippen molar-refractivity contribution in [3.63, 3.8) is 0 Å². The highest BCUT2D eigenvalue weighted by Gasteiger charge is 2.31. The summed E-state index contributed by atoms with van der Waals surface area (Å²) in [7, 11) is 0. The summed E-state index contributed by atoms with van der Waals surface area (Å²) in [6.45, 7) is 1.06. The van der Waals surface area contributed by atoms with Crippen molar-refractivity contribution < 1.29 is 19.4 Å². The van der Waals surface area contributed by atoms with Gasteiger partial charge in [0.05, 0.1) is 6.61 Å². The number of fused-ring (bicyclic) bond motifs is 3. The molecule has 0 fully saturated rings. The lowest BCUT2D eigenvalue weighted by atomic mass is 9.87. The Bertz CT molecular complexity index is 1200. The van der Waals surface area contributed by atoms with E-state index in [1.54, 1.807) is 0 Å². The molecule has 0 unspecified atom stereocenters. The number of carbonyl (C=O) groups is 1. The van der Waals surface area contributed by atoms with E-state index in [1.807, 2.05) is 36.4 Å². The molecule has 0 bridgehead atoms. The molecule has 3 aromatic carbocycles. The number of aliphatic hydroxyl groups is 1. The van der Waals surface area contributed by atoms with E-state index in [0.717, 1.165) is 18.4 Å². The van der Waals surface area contributed by atoms with Crippen LogP contribution in [0.5, 0.6) is 0 Å². The highest BCUT2D eigenvalue weighted by atomic mass is 16.7. The molecule has 0 radical (unpaired) electrons. The Hall–Kier alpha value is -3.41. The zero-order valence-electron chi connectivity index (χ0n) is 19.8. The summed E-state index contributed by atoms with van der Waals surface area (Å²) in [6.07, 6.45) is 4.40. The summed E-state index contributed by atoms with van der Waals surface area (Å²) in [4.78, 5) is 13.1. The van der Waals surface area contributed by atoms with Gasteiger partial charge in [-0.25, -0.2) is 0 Å². The number of rotatable bonds is 9. The molecule has 5 nitrogen and oxygen atoms in total. The Morgan fingerprint density at radius 2 is 1.77 bits per heavy atom. The first-order valence-corrected chi connectivity index (χ1v) is 12.4. The van der Waals surface area contributed by atoms with Gasteiger partial charge < -0.3 is 19.9 Å². The molecular formula is C30H31NO4. The lowest BCUT2D eigenvalue weighted by Crippen LogP contribution is -2.33. The Labute approximate surface area is 206 Å². The third-order valence-electron chi connectivity index (χ3n) is 6.72. The Morgan fingerprint density at radius 1 is 0.971 bits per heavy atom. The van der Waals surface area contributed by atoms with Crippen molar-refractivity contribution in [3.8, 4) is 11.1 Å². The van der Waals surface area contributed by atoms with Gasteiger partial charge in [-0.2, -0.15) is 0 Å². The molecular weight excluding hydrogens is 438 g/mol. The van der Waals surface area contributed by atoms with Crippen molar-refractivity contribution in [2.45, 2.75) is 44.4 Å². The van der Waals surface area contributed by atoms with E-state index < -0.39 is 6.29 Å². The van der Waals surface area contributed by atoms with Gasteiger partial charge >= 0.3 is 0 Å². The highest BCUT2D eigenvalue weighted by Crippen LogP contribution is 2.42. The third-order valence-corrected chi connectivity index (χ3v) is 6.72. The van der Waals surface area contributed by atoms with Gasteiger partial charge in [0.15, 0.2) is 5.76 Å². The Morgan fingerprint density at radius 3 is 2.63 bits per heavy atom. The fraction of sp³-hybridized carbons (Fsp3) is 0.300. The molecule has 0 saturated heterocycles. The standard InChI is InChI=1S/C30H31NO4/c32-15-6-7-16-34-29-19-23(18-28(35-29)30(33)31-20-21-9-2-1-3-10-21)25-13-8-14-26-24-12-5-4-11-22(24)17-27(25)26/h1-5,8-14,18,23,29,32H,6-7,15-17,19-20H2,(H,31,33)/t23-,29+/m0/s1. The number of aliphatic hydroxyl groups excluding tert-OH is 1. The van der Waals surface area contributed by atoms with Crippen LogP contribution in [-0.4, -0.2) is 30.5 Å². The molecule has 1 aliphatic carbocycles. The molecule has 0 spiro atoms. The van der Waals surface area contributed by atoms with Crippen LogP contribution < -0.4 is 5.32 Å². The second kappa shape index (κ2) is 10.9. The maximum Gasteiger partial charge on any atom is 0.286 e. The van der Waals surface area contributed by atoms with Crippen LogP contribution >= 0.6 is 0 Å². The van der Waals surface area contributed by atoms with Gasteiger partial charge in [0.25, 0.3) is 5.91 Å². The van der Waals surface area contributed by atoms with Gasteiger partial charge in [-0.05, 0) is 58.7 Å². The summed E-state index contributed by atoms with van der Waals surface area (Å²) in [6, 6.07) is 24.8. The number of nitrogens with one attached hydrogen (secondary N) is 1. The predicted molar refractivity (Wildman–Crippen MR) is 136 cm³/mol. The molecule has 2 aliphatic rings. The first-order valence-electron chi connectivity index (χ1n) is 12.4. The van der Waals surface area contributed by atoms with Crippen molar-refractivity contribution in [3.05, 3.63) is 107 Å². The molecule has 1 heterocycles. The Kier molecular flexibility index (Phi) is 7.26. The van der Waals surface area contributed by atoms with Gasteiger partial charge in [-0.3, -0.25) is 4.79 Å². The monoisotopic (exact) mass is 469 g/mol. The van der Waals surface area contributed by atoms with E-state index in [2.05, 4.69) is 47.8 Å². The summed E-state index contributed by atoms with van der Waals surface area (Å²) < 4.78 is 12.0. The highest BCUT2D eigenvalue weighted by molar-refractivity contribution is 5.91. The number of allylic oxidation sites excluding steroid dienone is 1. The third kappa shape index (κ3) is 5.31. The van der Waals surface area contributed by atoms with Crippen LogP contribution in [0.1, 0.15) is 47.4 Å². The molecule has 1 amide bonds. The number of carbonyl (C=O) groups excluding carboxylic acids is 1. The van der Waals surface area contributed by atoms with Gasteiger partial charge in [-0.15, -0.1) is 0 Å². The SMILES string of the molecule is O=C(NCc1ccccc1)C1=C[C@H](c2cccc3c2Cc2ccccc2-3)C[C@H](OCCCCO)O1. The minimum atomic E-state index is -0.513. The predicted octanol–water partition coefficient (Wildman–Crippen LogP) is 5.08. The molecule has 5 heteroatoms. The molecule has 0 saturated carbocycles. The van der Waals surface area contributed by atoms with Crippen LogP contribution in [0.15, 0.2) is 84.6 Å². The molecule has 5 rings (SSSR count). The minimum Gasteiger partial charge on any atom is -0.459 e. The zero-order chi connectivity index (χ0) is 24.0. The second-order valence-corrected chi connectivity index (χ2v) is 9.10. The van der Waals surface area contributed by atoms with E-state index in [9.17, 15) is 4.79 Å². The zero-order valence-corrected chi connectivity index (χ0v) is 19.8. The topological polar surface area (TPSA) is 67.8 Å². The number of hydrogen-bond acceptors (Lipinski definition) is 4. The number of benzene rings is 3. The molecule has 2 atom stereocenters. The molecule has 2 N–H and O–H groups in total. The molecule has 0 aromatic heterocycles. The molecule has 180 valence electrons. The minimum absolute atomic E-state index is 0.00771. The summed E-state index contributed by atoms with van der Waals surface area (Å²) in [5.74, 6) is 0.0733. The van der Waals surface area contributed by atoms with Crippen LogP contribution in [-0.2, 0) is 27.2 Å². The van der Waals surface area contributed by atoms with Crippen LogP contribution in [0.25, 0.3) is 11.1 Å². The Balaban J connectivity index is 1.39. The normalized spacial score (nSPS) is 18.3. The lowest BCUT2D eigenvalue weighted by molar-refractivity contribution is -0.146. The maximum atomic E-state index is 13.1. The van der Waals surface area contributed by atoms with E-state index in [-0.39, 0.29) is 18.4 Å². The van der Waals surface area contributed by atoms with Crippen molar-refractivity contribution in [2.75, 3.05) is 13.2 Å². The smallest absolute Gasteiger partial charge is 0.286 e. The van der Waals surface area contributed by atoms with E-state index in [1.165, 1.54) is 27.8 Å². The first kappa shape index (κ1) is 23.3. The molecule has 3 aromatic rings. The van der Waals surface area contributed by atoms with Gasteiger partial charge in [0, 0.05) is 25.5 Å². The maximum absolute atomic E-state index is 13.1. The summed E-state index contributed by atoms with van der Waals surface area (Å²) in [5, 5.41) is 12.1. The van der Waals surface area contributed by atoms with Gasteiger partial charge in [0.1, 0.15) is 0 Å². The van der Waals surface area contributed by atoms with E-state index in [4.69, 9.17) is 14.6 Å². The van der Waals surface area contributed by atoms with Gasteiger partial charge in [0.2, 0.25) is 6.29 Å². The van der Waals surface area contributed by atoms with Crippen molar-refractivity contribution in [1.82, 2.24) is 5.32 Å². The van der Waals surface area contributed by atoms with Crippen molar-refractivity contribution >= 4 is 5.91 Å². The van der Waals surface area contributed by atoms with Crippen LogP contribution in [0, 0.1) is 0 Å². The van der Waals surface area contributed by atoms with Crippen LogP contribution in [0.4, 0.5) is 0 Å². The van der Waals surface area contributed by atoms with E-state index >= 15 is 0 Å². The second-order valence-electron chi connectivity index (χ2n) is 9.10. The average Bonchev–Trinajstić information content (AvgIpc) is 3.29. The molecule has 1 aliphatic heterocycles. The first-order chi connectivity index (χ1) is 17.2. The summed E-state index contributed by atoms with van der Waals surface area (Å²) >= 11 is 0. The number of hydrogen-bond donors (Lipinski definition) is 2. The number of ether oxygens (including phenoxy) is 2. The van der Waals surface area contributed by atoms with Crippen LogP contribution in [0.3, 0.4) is 0 Å². The average molecular weight is 470 g/mol. The number of unbranched alkanes of at least 4 members (excludes halogenated alkanes) is 1. The fourth-order valence-electron chi connectivity index (χ4n) is 4.96. The lowest BCUT2D eigenvalue weighted by Gasteiger charge is -2.30. The van der Waals surface area contributed by atoms with Crippen molar-refractivity contribution in [2.24, 2.45) is 0 Å². The fourth-order valence-corrected chi connectivity index (χ4v) is 4.96.